The molecule has 1 heterocycles. The average Bonchev–Trinajstić information content (AvgIpc) is 2.65. The maximum absolute atomic E-state index is 12.8. The molecule has 0 aliphatic rings. The fraction of sp³-hybridized carbons (Fsp3) is 0.400. The number of alkyl halides is 3. The molecule has 8 heteroatoms. The first-order valence-electron chi connectivity index (χ1n) is 8.83. The van der Waals surface area contributed by atoms with Gasteiger partial charge in [0.2, 0.25) is 0 Å². The van der Waals surface area contributed by atoms with E-state index in [2.05, 4.69) is 20.6 Å². The van der Waals surface area contributed by atoms with E-state index in [0.29, 0.717) is 31.0 Å². The second-order valence-corrected chi connectivity index (χ2v) is 6.43. The van der Waals surface area contributed by atoms with Crippen LogP contribution in [0.25, 0.3) is 0 Å². The molecule has 0 fully saturated rings. The highest BCUT2D eigenvalue weighted by atomic mass is 127. The standard InChI is InChI=1S/C20H25F3N4.HI/c1-14(16-7-4-8-17(12-16)20(21,22)23)9-11-26-19(24-3)27-13-18-15(2)6-5-10-25-18;/h4-8,10,12,14H,9,11,13H2,1-3H3,(H2,24,26,27);1H. The Morgan fingerprint density at radius 3 is 2.57 bits per heavy atom. The van der Waals surface area contributed by atoms with Crippen molar-refractivity contribution in [3.05, 3.63) is 65.0 Å². The van der Waals surface area contributed by atoms with E-state index in [1.54, 1.807) is 19.3 Å². The highest BCUT2D eigenvalue weighted by Gasteiger charge is 2.30. The van der Waals surface area contributed by atoms with Crippen molar-refractivity contribution in [2.75, 3.05) is 13.6 Å². The lowest BCUT2D eigenvalue weighted by molar-refractivity contribution is -0.137. The molecule has 4 nitrogen and oxygen atoms in total. The van der Waals surface area contributed by atoms with Crippen LogP contribution in [0.4, 0.5) is 13.2 Å². The van der Waals surface area contributed by atoms with Crippen LogP contribution in [0.15, 0.2) is 47.6 Å². The minimum Gasteiger partial charge on any atom is -0.356 e. The quantitative estimate of drug-likeness (QED) is 0.334. The zero-order valence-corrected chi connectivity index (χ0v) is 18.5. The summed E-state index contributed by atoms with van der Waals surface area (Å²) in [4.78, 5) is 8.49. The van der Waals surface area contributed by atoms with Gasteiger partial charge in [-0.05, 0) is 42.5 Å². The third-order valence-corrected chi connectivity index (χ3v) is 4.42. The summed E-state index contributed by atoms with van der Waals surface area (Å²) in [5, 5.41) is 6.39. The summed E-state index contributed by atoms with van der Waals surface area (Å²) in [5.41, 5.74) is 2.11. The van der Waals surface area contributed by atoms with Gasteiger partial charge in [-0.25, -0.2) is 0 Å². The van der Waals surface area contributed by atoms with Crippen LogP contribution >= 0.6 is 24.0 Å². The SMILES string of the molecule is CN=C(NCCC(C)c1cccc(C(F)(F)F)c1)NCc1ncccc1C.I. The van der Waals surface area contributed by atoms with Crippen LogP contribution in [0.5, 0.6) is 0 Å². The van der Waals surface area contributed by atoms with Crippen LogP contribution in [-0.4, -0.2) is 24.5 Å². The van der Waals surface area contributed by atoms with Crippen molar-refractivity contribution in [1.82, 2.24) is 15.6 Å². The second kappa shape index (κ2) is 11.2. The van der Waals surface area contributed by atoms with E-state index in [0.717, 1.165) is 17.3 Å². The predicted molar refractivity (Wildman–Crippen MR) is 117 cm³/mol. The molecule has 0 spiro atoms. The maximum Gasteiger partial charge on any atom is 0.416 e. The Bertz CT molecular complexity index is 778. The van der Waals surface area contributed by atoms with Gasteiger partial charge in [0, 0.05) is 19.8 Å². The van der Waals surface area contributed by atoms with Gasteiger partial charge in [-0.3, -0.25) is 9.98 Å². The lowest BCUT2D eigenvalue weighted by atomic mass is 9.96. The molecule has 0 radical (unpaired) electrons. The molecule has 154 valence electrons. The van der Waals surface area contributed by atoms with Gasteiger partial charge in [0.05, 0.1) is 17.8 Å². The first-order valence-corrected chi connectivity index (χ1v) is 8.83. The largest absolute Gasteiger partial charge is 0.416 e. The molecule has 1 aromatic carbocycles. The molecule has 28 heavy (non-hydrogen) atoms. The van der Waals surface area contributed by atoms with E-state index in [1.165, 1.54) is 12.1 Å². The highest BCUT2D eigenvalue weighted by Crippen LogP contribution is 2.31. The number of aryl methyl sites for hydroxylation is 1. The smallest absolute Gasteiger partial charge is 0.356 e. The van der Waals surface area contributed by atoms with Crippen molar-refractivity contribution in [3.8, 4) is 0 Å². The van der Waals surface area contributed by atoms with Crippen LogP contribution in [-0.2, 0) is 12.7 Å². The van der Waals surface area contributed by atoms with Crippen molar-refractivity contribution >= 4 is 29.9 Å². The summed E-state index contributed by atoms with van der Waals surface area (Å²) in [6, 6.07) is 9.40. The lowest BCUT2D eigenvalue weighted by Crippen LogP contribution is -2.37. The number of halogens is 4. The van der Waals surface area contributed by atoms with Crippen molar-refractivity contribution in [2.45, 2.75) is 38.9 Å². The topological polar surface area (TPSA) is 49.3 Å². The Labute approximate surface area is 181 Å². The van der Waals surface area contributed by atoms with Gasteiger partial charge in [-0.2, -0.15) is 13.2 Å². The van der Waals surface area contributed by atoms with Gasteiger partial charge < -0.3 is 10.6 Å². The maximum atomic E-state index is 12.8. The molecule has 0 aliphatic heterocycles. The highest BCUT2D eigenvalue weighted by molar-refractivity contribution is 14.0. The normalized spacial score (nSPS) is 12.9. The van der Waals surface area contributed by atoms with Crippen molar-refractivity contribution < 1.29 is 13.2 Å². The molecular formula is C20H26F3IN4. The summed E-state index contributed by atoms with van der Waals surface area (Å²) in [5.74, 6) is 0.632. The second-order valence-electron chi connectivity index (χ2n) is 6.43. The summed E-state index contributed by atoms with van der Waals surface area (Å²) >= 11 is 0. The first kappa shape index (κ1) is 24.2. The molecule has 0 saturated heterocycles. The fourth-order valence-electron chi connectivity index (χ4n) is 2.69. The number of pyridine rings is 1. The number of aliphatic imine (C=N–C) groups is 1. The van der Waals surface area contributed by atoms with Crippen LogP contribution in [0.1, 0.15) is 41.6 Å². The number of nitrogens with zero attached hydrogens (tertiary/aromatic N) is 2. The van der Waals surface area contributed by atoms with Crippen molar-refractivity contribution in [3.63, 3.8) is 0 Å². The monoisotopic (exact) mass is 506 g/mol. The molecule has 2 aromatic rings. The van der Waals surface area contributed by atoms with E-state index in [4.69, 9.17) is 0 Å². The molecule has 1 unspecified atom stereocenters. The predicted octanol–water partition coefficient (Wildman–Crippen LogP) is 4.89. The van der Waals surface area contributed by atoms with E-state index < -0.39 is 11.7 Å². The molecule has 2 rings (SSSR count). The van der Waals surface area contributed by atoms with Gasteiger partial charge in [0.15, 0.2) is 5.96 Å². The molecule has 1 aromatic heterocycles. The summed E-state index contributed by atoms with van der Waals surface area (Å²) in [6.07, 6.45) is -1.88. The van der Waals surface area contributed by atoms with Gasteiger partial charge in [-0.15, -0.1) is 24.0 Å². The number of benzene rings is 1. The number of hydrogen-bond donors (Lipinski definition) is 2. The average molecular weight is 506 g/mol. The van der Waals surface area contributed by atoms with Crippen LogP contribution in [0.3, 0.4) is 0 Å². The minimum atomic E-state index is -4.32. The van der Waals surface area contributed by atoms with E-state index in [-0.39, 0.29) is 29.9 Å². The molecule has 1 atom stereocenters. The Kier molecular flexibility index (Phi) is 9.71. The Balaban J connectivity index is 0.00000392. The van der Waals surface area contributed by atoms with Gasteiger partial charge in [0.25, 0.3) is 0 Å². The molecule has 0 saturated carbocycles. The third kappa shape index (κ3) is 7.29. The molecule has 0 bridgehead atoms. The van der Waals surface area contributed by atoms with Gasteiger partial charge in [-0.1, -0.05) is 31.2 Å². The number of hydrogen-bond acceptors (Lipinski definition) is 2. The Morgan fingerprint density at radius 1 is 1.18 bits per heavy atom. The summed E-state index contributed by atoms with van der Waals surface area (Å²) in [7, 11) is 1.68. The molecule has 0 amide bonds. The minimum absolute atomic E-state index is 0. The Hall–Kier alpha value is -1.84. The van der Waals surface area contributed by atoms with Crippen molar-refractivity contribution in [2.24, 2.45) is 4.99 Å². The van der Waals surface area contributed by atoms with E-state index in [1.807, 2.05) is 26.0 Å². The Morgan fingerprint density at radius 2 is 1.93 bits per heavy atom. The van der Waals surface area contributed by atoms with Gasteiger partial charge in [0.1, 0.15) is 0 Å². The number of aromatic nitrogens is 1. The van der Waals surface area contributed by atoms with Crippen LogP contribution < -0.4 is 10.6 Å². The third-order valence-electron chi connectivity index (χ3n) is 4.42. The number of rotatable bonds is 6. The summed E-state index contributed by atoms with van der Waals surface area (Å²) < 4.78 is 38.5. The summed E-state index contributed by atoms with van der Waals surface area (Å²) in [6.45, 7) is 5.06. The zero-order chi connectivity index (χ0) is 19.9. The van der Waals surface area contributed by atoms with Crippen LogP contribution in [0.2, 0.25) is 0 Å². The van der Waals surface area contributed by atoms with Gasteiger partial charge >= 0.3 is 6.18 Å². The number of guanidine groups is 1. The molecule has 2 N–H and O–H groups in total. The van der Waals surface area contributed by atoms with E-state index in [9.17, 15) is 13.2 Å². The number of nitrogens with one attached hydrogen (secondary N) is 2. The van der Waals surface area contributed by atoms with Crippen molar-refractivity contribution in [1.29, 1.82) is 0 Å². The lowest BCUT2D eigenvalue weighted by Gasteiger charge is -2.16. The first-order chi connectivity index (χ1) is 12.8. The molecular weight excluding hydrogens is 480 g/mol. The molecule has 0 aliphatic carbocycles. The fourth-order valence-corrected chi connectivity index (χ4v) is 2.69. The zero-order valence-electron chi connectivity index (χ0n) is 16.2. The van der Waals surface area contributed by atoms with E-state index >= 15 is 0 Å². The van der Waals surface area contributed by atoms with Crippen LogP contribution in [0, 0.1) is 6.92 Å².